The molecule has 0 spiro atoms. The molecule has 98 valence electrons. The summed E-state index contributed by atoms with van der Waals surface area (Å²) in [6, 6.07) is 7.76. The standard InChI is InChI=1S/C12H9Cl2N3O2/c13-9-5-8(6-10(14)7-9)11(18)12(19)17(3-1-15)4-2-16/h5-7,11,18H,3-4H2. The summed E-state index contributed by atoms with van der Waals surface area (Å²) in [5.74, 6) is -0.749. The van der Waals surface area contributed by atoms with Crippen molar-refractivity contribution in [3.8, 4) is 12.1 Å². The highest BCUT2D eigenvalue weighted by Gasteiger charge is 2.24. The smallest absolute Gasteiger partial charge is 0.257 e. The van der Waals surface area contributed by atoms with Crippen molar-refractivity contribution in [3.05, 3.63) is 33.8 Å². The van der Waals surface area contributed by atoms with Gasteiger partial charge in [-0.15, -0.1) is 0 Å². The van der Waals surface area contributed by atoms with Crippen LogP contribution >= 0.6 is 23.2 Å². The van der Waals surface area contributed by atoms with Crippen molar-refractivity contribution in [2.75, 3.05) is 13.1 Å². The minimum Gasteiger partial charge on any atom is -0.378 e. The zero-order valence-electron chi connectivity index (χ0n) is 9.68. The molecule has 0 radical (unpaired) electrons. The van der Waals surface area contributed by atoms with Gasteiger partial charge in [0.25, 0.3) is 5.91 Å². The van der Waals surface area contributed by atoms with Crippen LogP contribution in [0.5, 0.6) is 0 Å². The van der Waals surface area contributed by atoms with Gasteiger partial charge in [0.1, 0.15) is 13.1 Å². The van der Waals surface area contributed by atoms with Crippen molar-refractivity contribution < 1.29 is 9.90 Å². The molecule has 0 saturated carbocycles. The fourth-order valence-electron chi connectivity index (χ4n) is 1.43. The Morgan fingerprint density at radius 2 is 1.68 bits per heavy atom. The van der Waals surface area contributed by atoms with E-state index in [1.165, 1.54) is 18.2 Å². The van der Waals surface area contributed by atoms with Crippen LogP contribution in [-0.4, -0.2) is 29.0 Å². The molecule has 1 atom stereocenters. The highest BCUT2D eigenvalue weighted by atomic mass is 35.5. The number of nitrogens with zero attached hydrogens (tertiary/aromatic N) is 3. The third-order valence-electron chi connectivity index (χ3n) is 2.27. The number of hydrogen-bond donors (Lipinski definition) is 1. The van der Waals surface area contributed by atoms with E-state index in [9.17, 15) is 9.90 Å². The summed E-state index contributed by atoms with van der Waals surface area (Å²) in [6.45, 7) is -0.560. The molecule has 0 aliphatic carbocycles. The van der Waals surface area contributed by atoms with Crippen molar-refractivity contribution in [1.29, 1.82) is 10.5 Å². The summed E-state index contributed by atoms with van der Waals surface area (Å²) in [6.07, 6.45) is -1.52. The van der Waals surface area contributed by atoms with Gasteiger partial charge in [-0.3, -0.25) is 4.79 Å². The van der Waals surface area contributed by atoms with Crippen molar-refractivity contribution in [2.45, 2.75) is 6.10 Å². The Labute approximate surface area is 120 Å². The molecule has 0 bridgehead atoms. The normalized spacial score (nSPS) is 11.2. The first-order valence-electron chi connectivity index (χ1n) is 5.16. The molecular formula is C12H9Cl2N3O2. The maximum atomic E-state index is 11.9. The van der Waals surface area contributed by atoms with Gasteiger partial charge in [-0.2, -0.15) is 10.5 Å². The van der Waals surface area contributed by atoms with Crippen LogP contribution < -0.4 is 0 Å². The summed E-state index contributed by atoms with van der Waals surface area (Å²) in [5, 5.41) is 27.6. The highest BCUT2D eigenvalue weighted by molar-refractivity contribution is 6.34. The molecule has 7 heteroatoms. The second-order valence-corrected chi connectivity index (χ2v) is 4.49. The number of benzene rings is 1. The van der Waals surface area contributed by atoms with Gasteiger partial charge in [0.2, 0.25) is 0 Å². The minimum absolute atomic E-state index is 0.211. The molecular weight excluding hydrogens is 289 g/mol. The Bertz CT molecular complexity index is 527. The Balaban J connectivity index is 2.98. The summed E-state index contributed by atoms with van der Waals surface area (Å²) < 4.78 is 0. The molecule has 0 saturated heterocycles. The van der Waals surface area contributed by atoms with Crippen LogP contribution in [0, 0.1) is 22.7 Å². The molecule has 19 heavy (non-hydrogen) atoms. The number of hydrogen-bond acceptors (Lipinski definition) is 4. The maximum absolute atomic E-state index is 11.9. The van der Waals surface area contributed by atoms with Gasteiger partial charge in [0.05, 0.1) is 12.1 Å². The molecule has 1 aromatic rings. The van der Waals surface area contributed by atoms with E-state index in [0.29, 0.717) is 0 Å². The van der Waals surface area contributed by atoms with Crippen LogP contribution in [0.4, 0.5) is 0 Å². The first-order valence-corrected chi connectivity index (χ1v) is 5.92. The van der Waals surface area contributed by atoms with Crippen LogP contribution in [0.15, 0.2) is 18.2 Å². The number of carbonyl (C=O) groups is 1. The van der Waals surface area contributed by atoms with Gasteiger partial charge in [0, 0.05) is 10.0 Å². The lowest BCUT2D eigenvalue weighted by atomic mass is 10.1. The molecule has 0 aliphatic rings. The minimum atomic E-state index is -1.52. The lowest BCUT2D eigenvalue weighted by molar-refractivity contribution is -0.139. The van der Waals surface area contributed by atoms with E-state index in [1.807, 2.05) is 0 Å². The highest BCUT2D eigenvalue weighted by Crippen LogP contribution is 2.24. The molecule has 0 aromatic heterocycles. The van der Waals surface area contributed by atoms with Crippen LogP contribution in [0.25, 0.3) is 0 Å². The summed E-state index contributed by atoms with van der Waals surface area (Å²) >= 11 is 11.6. The molecule has 0 fully saturated rings. The van der Waals surface area contributed by atoms with Crippen LogP contribution in [0.2, 0.25) is 10.0 Å². The first-order chi connectivity index (χ1) is 8.99. The van der Waals surface area contributed by atoms with Gasteiger partial charge in [0.15, 0.2) is 6.10 Å². The monoisotopic (exact) mass is 297 g/mol. The summed E-state index contributed by atoms with van der Waals surface area (Å²) in [4.78, 5) is 12.9. The average Bonchev–Trinajstić information content (AvgIpc) is 2.35. The lowest BCUT2D eigenvalue weighted by Crippen LogP contribution is -2.35. The van der Waals surface area contributed by atoms with Gasteiger partial charge < -0.3 is 10.0 Å². The molecule has 5 nitrogen and oxygen atoms in total. The summed E-state index contributed by atoms with van der Waals surface area (Å²) in [5.41, 5.74) is 0.211. The van der Waals surface area contributed by atoms with E-state index in [4.69, 9.17) is 33.7 Å². The lowest BCUT2D eigenvalue weighted by Gasteiger charge is -2.20. The van der Waals surface area contributed by atoms with E-state index in [2.05, 4.69) is 0 Å². The predicted octanol–water partition coefficient (Wildman–Crippen LogP) is 1.90. The number of rotatable bonds is 4. The molecule has 1 N–H and O–H groups in total. The quantitative estimate of drug-likeness (QED) is 0.860. The zero-order chi connectivity index (χ0) is 14.4. The number of halogens is 2. The van der Waals surface area contributed by atoms with Gasteiger partial charge >= 0.3 is 0 Å². The van der Waals surface area contributed by atoms with Crippen LogP contribution in [0.3, 0.4) is 0 Å². The van der Waals surface area contributed by atoms with E-state index < -0.39 is 12.0 Å². The molecule has 0 heterocycles. The number of amides is 1. The Kier molecular flexibility index (Phi) is 5.59. The van der Waals surface area contributed by atoms with Crippen molar-refractivity contribution in [2.24, 2.45) is 0 Å². The topological polar surface area (TPSA) is 88.1 Å². The summed E-state index contributed by atoms with van der Waals surface area (Å²) in [7, 11) is 0. The second-order valence-electron chi connectivity index (χ2n) is 3.62. The molecule has 0 aliphatic heterocycles. The fourth-order valence-corrected chi connectivity index (χ4v) is 1.97. The van der Waals surface area contributed by atoms with Crippen molar-refractivity contribution in [1.82, 2.24) is 4.90 Å². The molecule has 1 amide bonds. The number of nitriles is 2. The van der Waals surface area contributed by atoms with E-state index >= 15 is 0 Å². The zero-order valence-corrected chi connectivity index (χ0v) is 11.2. The fraction of sp³-hybridized carbons (Fsp3) is 0.250. The Morgan fingerprint density at radius 1 is 1.21 bits per heavy atom. The number of aliphatic hydroxyl groups is 1. The third-order valence-corrected chi connectivity index (χ3v) is 2.71. The largest absolute Gasteiger partial charge is 0.378 e. The van der Waals surface area contributed by atoms with E-state index in [1.54, 1.807) is 12.1 Å². The second kappa shape index (κ2) is 6.96. The predicted molar refractivity (Wildman–Crippen MR) is 69.2 cm³/mol. The number of aliphatic hydroxyl groups excluding tert-OH is 1. The van der Waals surface area contributed by atoms with Crippen molar-refractivity contribution in [3.63, 3.8) is 0 Å². The van der Waals surface area contributed by atoms with Crippen LogP contribution in [0.1, 0.15) is 11.7 Å². The molecule has 1 aromatic carbocycles. The maximum Gasteiger partial charge on any atom is 0.257 e. The molecule has 1 unspecified atom stereocenters. The number of carbonyl (C=O) groups excluding carboxylic acids is 1. The van der Waals surface area contributed by atoms with Crippen LogP contribution in [-0.2, 0) is 4.79 Å². The average molecular weight is 298 g/mol. The van der Waals surface area contributed by atoms with Crippen molar-refractivity contribution >= 4 is 29.1 Å². The van der Waals surface area contributed by atoms with Gasteiger partial charge in [-0.1, -0.05) is 23.2 Å². The first kappa shape index (κ1) is 15.3. The van der Waals surface area contributed by atoms with E-state index in [-0.39, 0.29) is 28.7 Å². The third kappa shape index (κ3) is 4.11. The molecule has 1 rings (SSSR count). The SMILES string of the molecule is N#CCN(CC#N)C(=O)C(O)c1cc(Cl)cc(Cl)c1. The van der Waals surface area contributed by atoms with E-state index in [0.717, 1.165) is 4.90 Å². The Morgan fingerprint density at radius 3 is 2.11 bits per heavy atom. The van der Waals surface area contributed by atoms with Gasteiger partial charge in [-0.05, 0) is 23.8 Å². The van der Waals surface area contributed by atoms with Gasteiger partial charge in [-0.25, -0.2) is 0 Å². The Hall–Kier alpha value is -1.79.